The van der Waals surface area contributed by atoms with Gasteiger partial charge in [0.2, 0.25) is 0 Å². The van der Waals surface area contributed by atoms with Gasteiger partial charge in [0.1, 0.15) is 0 Å². The molecule has 0 saturated heterocycles. The Balaban J connectivity index is 2.43. The molecule has 4 nitrogen and oxygen atoms in total. The second-order valence-corrected chi connectivity index (χ2v) is 5.57. The molecule has 8 heteroatoms. The molecule has 0 aliphatic rings. The summed E-state index contributed by atoms with van der Waals surface area (Å²) in [5, 5.41) is 1.17. The topological polar surface area (TPSA) is 71.8 Å². The van der Waals surface area contributed by atoms with E-state index in [1.165, 1.54) is 6.20 Å². The fraction of sp³-hybridized carbons (Fsp3) is 0. The predicted octanol–water partition coefficient (Wildman–Crippen LogP) is 3.46. The van der Waals surface area contributed by atoms with E-state index in [2.05, 4.69) is 9.97 Å². The summed E-state index contributed by atoms with van der Waals surface area (Å²) in [7, 11) is 0. The standard InChI is InChI=1S/C10H6Cl3N3OS/c11-4-1-5(12)8(6(13)2-4)18-7-3-15-10(14)16-9(7)17/h1-3H,(H3,14,15,16,17). The SMILES string of the molecule is Nc1ncc(Sc2c(Cl)cc(Cl)cc2Cl)c(=O)[nH]1. The minimum atomic E-state index is -0.352. The van der Waals surface area contributed by atoms with Crippen molar-refractivity contribution in [2.45, 2.75) is 9.79 Å². The van der Waals surface area contributed by atoms with Crippen LogP contribution in [-0.2, 0) is 0 Å². The largest absolute Gasteiger partial charge is 0.369 e. The number of H-pyrrole nitrogens is 1. The van der Waals surface area contributed by atoms with E-state index in [1.54, 1.807) is 12.1 Å². The van der Waals surface area contributed by atoms with Gasteiger partial charge in [-0.15, -0.1) is 0 Å². The quantitative estimate of drug-likeness (QED) is 0.888. The molecule has 0 saturated carbocycles. The molecule has 3 N–H and O–H groups in total. The normalized spacial score (nSPS) is 10.6. The first kappa shape index (κ1) is 13.5. The van der Waals surface area contributed by atoms with Gasteiger partial charge in [-0.3, -0.25) is 9.78 Å². The minimum absolute atomic E-state index is 0.0534. The van der Waals surface area contributed by atoms with E-state index in [1.807, 2.05) is 0 Å². The number of aromatic amines is 1. The molecule has 0 fully saturated rings. The van der Waals surface area contributed by atoms with Crippen molar-refractivity contribution in [1.29, 1.82) is 0 Å². The Bertz CT molecular complexity index is 636. The number of nitrogens with two attached hydrogens (primary N) is 1. The van der Waals surface area contributed by atoms with Gasteiger partial charge in [0, 0.05) is 9.92 Å². The summed E-state index contributed by atoms with van der Waals surface area (Å²) in [5.41, 5.74) is 5.00. The number of nitrogens with one attached hydrogen (secondary N) is 1. The summed E-state index contributed by atoms with van der Waals surface area (Å²) in [4.78, 5) is 18.7. The summed E-state index contributed by atoms with van der Waals surface area (Å²) >= 11 is 18.9. The number of aromatic nitrogens is 2. The first-order chi connectivity index (χ1) is 8.47. The highest BCUT2D eigenvalue weighted by Gasteiger charge is 2.12. The molecule has 0 bridgehead atoms. The number of nitrogens with zero attached hydrogens (tertiary/aromatic N) is 1. The van der Waals surface area contributed by atoms with Gasteiger partial charge in [-0.05, 0) is 12.1 Å². The van der Waals surface area contributed by atoms with Crippen LogP contribution in [0.2, 0.25) is 15.1 Å². The van der Waals surface area contributed by atoms with Crippen LogP contribution in [0, 0.1) is 0 Å². The summed E-state index contributed by atoms with van der Waals surface area (Å²) in [6.07, 6.45) is 1.36. The van der Waals surface area contributed by atoms with Gasteiger partial charge >= 0.3 is 0 Å². The summed E-state index contributed by atoms with van der Waals surface area (Å²) in [5.74, 6) is 0.0534. The zero-order valence-corrected chi connectivity index (χ0v) is 11.8. The molecule has 0 aliphatic heterocycles. The number of nitrogen functional groups attached to an aromatic ring is 1. The molecule has 0 aliphatic carbocycles. The van der Waals surface area contributed by atoms with Gasteiger partial charge in [0.05, 0.1) is 21.1 Å². The molecule has 18 heavy (non-hydrogen) atoms. The maximum atomic E-state index is 11.6. The fourth-order valence-electron chi connectivity index (χ4n) is 1.21. The third kappa shape index (κ3) is 2.92. The lowest BCUT2D eigenvalue weighted by atomic mass is 10.4. The van der Waals surface area contributed by atoms with Crippen LogP contribution in [0.1, 0.15) is 0 Å². The second kappa shape index (κ2) is 5.40. The third-order valence-electron chi connectivity index (χ3n) is 1.96. The van der Waals surface area contributed by atoms with Gasteiger partial charge < -0.3 is 5.73 Å². The number of rotatable bonds is 2. The van der Waals surface area contributed by atoms with Gasteiger partial charge in [0.15, 0.2) is 5.95 Å². The van der Waals surface area contributed by atoms with Crippen molar-refractivity contribution < 1.29 is 0 Å². The number of halogens is 3. The monoisotopic (exact) mass is 321 g/mol. The summed E-state index contributed by atoms with van der Waals surface area (Å²) < 4.78 is 0. The van der Waals surface area contributed by atoms with Crippen molar-refractivity contribution in [2.75, 3.05) is 5.73 Å². The van der Waals surface area contributed by atoms with Crippen LogP contribution in [0.15, 0.2) is 32.9 Å². The first-order valence-corrected chi connectivity index (χ1v) is 6.59. The second-order valence-electron chi connectivity index (χ2n) is 3.26. The highest BCUT2D eigenvalue weighted by atomic mass is 35.5. The predicted molar refractivity (Wildman–Crippen MR) is 74.9 cm³/mol. The molecule has 0 spiro atoms. The van der Waals surface area contributed by atoms with Crippen molar-refractivity contribution >= 4 is 52.5 Å². The lowest BCUT2D eigenvalue weighted by Gasteiger charge is -2.06. The molecule has 1 aromatic carbocycles. The Morgan fingerprint density at radius 2 is 1.83 bits per heavy atom. The van der Waals surface area contributed by atoms with Crippen molar-refractivity contribution in [1.82, 2.24) is 9.97 Å². The highest BCUT2D eigenvalue weighted by molar-refractivity contribution is 7.99. The molecule has 0 radical (unpaired) electrons. The Kier molecular flexibility index (Phi) is 4.07. The van der Waals surface area contributed by atoms with Crippen molar-refractivity contribution in [3.05, 3.63) is 43.8 Å². The lowest BCUT2D eigenvalue weighted by molar-refractivity contribution is 1.06. The average molecular weight is 323 g/mol. The van der Waals surface area contributed by atoms with Crippen molar-refractivity contribution in [3.63, 3.8) is 0 Å². The molecule has 0 unspecified atom stereocenters. The Morgan fingerprint density at radius 1 is 1.22 bits per heavy atom. The average Bonchev–Trinajstić information content (AvgIpc) is 2.25. The van der Waals surface area contributed by atoms with E-state index in [4.69, 9.17) is 40.5 Å². The molecule has 2 rings (SSSR count). The van der Waals surface area contributed by atoms with Crippen molar-refractivity contribution in [2.24, 2.45) is 0 Å². The maximum absolute atomic E-state index is 11.6. The van der Waals surface area contributed by atoms with Gasteiger partial charge in [-0.25, -0.2) is 4.98 Å². The Morgan fingerprint density at radius 3 is 2.39 bits per heavy atom. The number of anilines is 1. The molecule has 0 atom stereocenters. The Hall–Kier alpha value is -0.880. The minimum Gasteiger partial charge on any atom is -0.369 e. The zero-order chi connectivity index (χ0) is 13.3. The van der Waals surface area contributed by atoms with Gasteiger partial charge in [-0.1, -0.05) is 46.6 Å². The van der Waals surface area contributed by atoms with E-state index in [9.17, 15) is 4.79 Å². The van der Waals surface area contributed by atoms with Crippen LogP contribution in [0.5, 0.6) is 0 Å². The fourth-order valence-corrected chi connectivity index (χ4v) is 3.04. The van der Waals surface area contributed by atoms with Gasteiger partial charge in [-0.2, -0.15) is 0 Å². The third-order valence-corrected chi connectivity index (χ3v) is 4.15. The number of hydrogen-bond acceptors (Lipinski definition) is 4. The van der Waals surface area contributed by atoms with Crippen LogP contribution >= 0.6 is 46.6 Å². The van der Waals surface area contributed by atoms with E-state index in [-0.39, 0.29) is 11.5 Å². The van der Waals surface area contributed by atoms with Crippen LogP contribution in [0.4, 0.5) is 5.95 Å². The van der Waals surface area contributed by atoms with Gasteiger partial charge in [0.25, 0.3) is 5.56 Å². The summed E-state index contributed by atoms with van der Waals surface area (Å²) in [6.45, 7) is 0. The molecule has 1 aromatic heterocycles. The molecule has 94 valence electrons. The molecule has 2 aromatic rings. The molecular weight excluding hydrogens is 317 g/mol. The molecular formula is C10H6Cl3N3OS. The maximum Gasteiger partial charge on any atom is 0.266 e. The van der Waals surface area contributed by atoms with Crippen molar-refractivity contribution in [3.8, 4) is 0 Å². The van der Waals surface area contributed by atoms with E-state index >= 15 is 0 Å². The van der Waals surface area contributed by atoms with Crippen LogP contribution in [0.25, 0.3) is 0 Å². The smallest absolute Gasteiger partial charge is 0.266 e. The zero-order valence-electron chi connectivity index (χ0n) is 8.71. The summed E-state index contributed by atoms with van der Waals surface area (Å²) in [6, 6.07) is 3.10. The Labute approximate surface area is 121 Å². The highest BCUT2D eigenvalue weighted by Crippen LogP contribution is 2.39. The number of hydrogen-bond donors (Lipinski definition) is 2. The lowest BCUT2D eigenvalue weighted by Crippen LogP contribution is -2.12. The first-order valence-electron chi connectivity index (χ1n) is 4.64. The van der Waals surface area contributed by atoms with Crippen LogP contribution < -0.4 is 11.3 Å². The van der Waals surface area contributed by atoms with Crippen LogP contribution in [0.3, 0.4) is 0 Å². The van der Waals surface area contributed by atoms with E-state index < -0.39 is 0 Å². The molecule has 1 heterocycles. The van der Waals surface area contributed by atoms with E-state index in [0.29, 0.717) is 24.9 Å². The molecule has 0 amide bonds. The number of benzene rings is 1. The van der Waals surface area contributed by atoms with E-state index in [0.717, 1.165) is 11.8 Å². The van der Waals surface area contributed by atoms with Crippen LogP contribution in [-0.4, -0.2) is 9.97 Å².